The summed E-state index contributed by atoms with van der Waals surface area (Å²) in [5.41, 5.74) is 2.81. The summed E-state index contributed by atoms with van der Waals surface area (Å²) in [5.74, 6) is 0.798. The topological polar surface area (TPSA) is 42.4 Å². The van der Waals surface area contributed by atoms with Crippen LogP contribution in [0.5, 0.6) is 5.75 Å². The van der Waals surface area contributed by atoms with Gasteiger partial charge >= 0.3 is 0 Å². The van der Waals surface area contributed by atoms with Gasteiger partial charge in [-0.3, -0.25) is 4.79 Å². The predicted molar refractivity (Wildman–Crippen MR) is 112 cm³/mol. The molecule has 0 spiro atoms. The average molecular weight is 393 g/mol. The van der Waals surface area contributed by atoms with Crippen molar-refractivity contribution in [2.75, 3.05) is 7.05 Å². The molecule has 0 saturated heterocycles. The summed E-state index contributed by atoms with van der Waals surface area (Å²) >= 11 is 1.76. The predicted octanol–water partition coefficient (Wildman–Crippen LogP) is 4.87. The SMILES string of the molecule is CN(Cc1nc2c(s1)CCCC2)C(=O)c1ccccc1COc1ccccc1. The highest BCUT2D eigenvalue weighted by atomic mass is 32.1. The standard InChI is InChI=1S/C23H24N2O2S/c1-25(15-22-24-20-13-7-8-14-21(20)28-22)23(26)19-12-6-5-9-17(19)16-27-18-10-3-2-4-11-18/h2-6,9-12H,7-8,13-16H2,1H3. The second kappa shape index (κ2) is 8.57. The van der Waals surface area contributed by atoms with Gasteiger partial charge in [-0.2, -0.15) is 0 Å². The number of rotatable bonds is 6. The first-order chi connectivity index (χ1) is 13.7. The Bertz CT molecular complexity index is 929. The lowest BCUT2D eigenvalue weighted by Crippen LogP contribution is -2.27. The van der Waals surface area contributed by atoms with Gasteiger partial charge in [-0.05, 0) is 43.9 Å². The molecular formula is C23H24N2O2S. The molecule has 1 amide bonds. The fourth-order valence-electron chi connectivity index (χ4n) is 3.49. The lowest BCUT2D eigenvalue weighted by molar-refractivity contribution is 0.0782. The van der Waals surface area contributed by atoms with Crippen molar-refractivity contribution in [3.63, 3.8) is 0 Å². The third kappa shape index (κ3) is 4.25. The van der Waals surface area contributed by atoms with Crippen molar-refractivity contribution in [3.8, 4) is 5.75 Å². The summed E-state index contributed by atoms with van der Waals surface area (Å²) in [6.45, 7) is 0.912. The smallest absolute Gasteiger partial charge is 0.254 e. The molecule has 0 bridgehead atoms. The molecule has 1 aromatic heterocycles. The minimum atomic E-state index is 0.000401. The van der Waals surface area contributed by atoms with Crippen LogP contribution < -0.4 is 4.74 Å². The molecule has 1 aliphatic carbocycles. The van der Waals surface area contributed by atoms with Gasteiger partial charge in [0.05, 0.1) is 12.2 Å². The summed E-state index contributed by atoms with van der Waals surface area (Å²) < 4.78 is 5.85. The van der Waals surface area contributed by atoms with E-state index in [9.17, 15) is 4.79 Å². The Morgan fingerprint density at radius 3 is 2.64 bits per heavy atom. The summed E-state index contributed by atoms with van der Waals surface area (Å²) in [7, 11) is 1.84. The average Bonchev–Trinajstić information content (AvgIpc) is 3.15. The molecule has 1 aliphatic rings. The summed E-state index contributed by atoms with van der Waals surface area (Å²) in [6.07, 6.45) is 4.67. The van der Waals surface area contributed by atoms with Gasteiger partial charge in [0.2, 0.25) is 0 Å². The Hall–Kier alpha value is -2.66. The van der Waals surface area contributed by atoms with Gasteiger partial charge in [-0.25, -0.2) is 4.98 Å². The Morgan fingerprint density at radius 1 is 1.07 bits per heavy atom. The minimum Gasteiger partial charge on any atom is -0.489 e. The molecular weight excluding hydrogens is 368 g/mol. The van der Waals surface area contributed by atoms with E-state index in [0.717, 1.165) is 29.2 Å². The van der Waals surface area contributed by atoms with Crippen molar-refractivity contribution in [3.05, 3.63) is 81.3 Å². The lowest BCUT2D eigenvalue weighted by Gasteiger charge is -2.18. The molecule has 4 rings (SSSR count). The van der Waals surface area contributed by atoms with Crippen LogP contribution in [0.2, 0.25) is 0 Å². The fraction of sp³-hybridized carbons (Fsp3) is 0.304. The van der Waals surface area contributed by atoms with Gasteiger partial charge < -0.3 is 9.64 Å². The molecule has 0 unspecified atom stereocenters. The second-order valence-electron chi connectivity index (χ2n) is 7.10. The Labute approximate surface area is 169 Å². The fourth-order valence-corrected chi connectivity index (χ4v) is 4.70. The first kappa shape index (κ1) is 18.7. The van der Waals surface area contributed by atoms with E-state index in [1.807, 2.05) is 61.6 Å². The van der Waals surface area contributed by atoms with E-state index in [0.29, 0.717) is 18.7 Å². The van der Waals surface area contributed by atoms with Crippen molar-refractivity contribution in [2.24, 2.45) is 0 Å². The van der Waals surface area contributed by atoms with Gasteiger partial charge in [-0.1, -0.05) is 36.4 Å². The minimum absolute atomic E-state index is 0.000401. The van der Waals surface area contributed by atoms with E-state index in [1.165, 1.54) is 23.4 Å². The highest BCUT2D eigenvalue weighted by molar-refractivity contribution is 7.11. The number of benzene rings is 2. The number of carbonyl (C=O) groups excluding carboxylic acids is 1. The van der Waals surface area contributed by atoms with E-state index >= 15 is 0 Å². The van der Waals surface area contributed by atoms with Crippen molar-refractivity contribution in [2.45, 2.75) is 38.8 Å². The summed E-state index contributed by atoms with van der Waals surface area (Å²) in [6, 6.07) is 17.3. The molecule has 28 heavy (non-hydrogen) atoms. The second-order valence-corrected chi connectivity index (χ2v) is 8.27. The summed E-state index contributed by atoms with van der Waals surface area (Å²) in [5, 5.41) is 1.03. The summed E-state index contributed by atoms with van der Waals surface area (Å²) in [4.78, 5) is 21.0. The molecule has 0 N–H and O–H groups in total. The number of nitrogens with zero attached hydrogens (tertiary/aromatic N) is 2. The van der Waals surface area contributed by atoms with Gasteiger partial charge in [0.25, 0.3) is 5.91 Å². The van der Waals surface area contributed by atoms with Crippen LogP contribution in [0, 0.1) is 0 Å². The number of thiazole rings is 1. The zero-order valence-electron chi connectivity index (χ0n) is 16.1. The number of carbonyl (C=O) groups is 1. The maximum absolute atomic E-state index is 13.1. The van der Waals surface area contributed by atoms with Crippen LogP contribution in [0.3, 0.4) is 0 Å². The Kier molecular flexibility index (Phi) is 5.72. The zero-order chi connectivity index (χ0) is 19.3. The van der Waals surface area contributed by atoms with Gasteiger partial charge in [0, 0.05) is 23.1 Å². The van der Waals surface area contributed by atoms with Crippen LogP contribution in [-0.2, 0) is 26.0 Å². The van der Waals surface area contributed by atoms with Crippen molar-refractivity contribution in [1.82, 2.24) is 9.88 Å². The lowest BCUT2D eigenvalue weighted by atomic mass is 10.0. The maximum atomic E-state index is 13.1. The number of hydrogen-bond acceptors (Lipinski definition) is 4. The normalized spacial score (nSPS) is 13.0. The molecule has 2 aromatic carbocycles. The Balaban J connectivity index is 1.45. The maximum Gasteiger partial charge on any atom is 0.254 e. The van der Waals surface area contributed by atoms with E-state index in [-0.39, 0.29) is 5.91 Å². The highest BCUT2D eigenvalue weighted by Gasteiger charge is 2.20. The number of aryl methyl sites for hydroxylation is 2. The molecule has 0 atom stereocenters. The number of hydrogen-bond donors (Lipinski definition) is 0. The van der Waals surface area contributed by atoms with E-state index < -0.39 is 0 Å². The number of amides is 1. The van der Waals surface area contributed by atoms with Crippen LogP contribution in [0.15, 0.2) is 54.6 Å². The van der Waals surface area contributed by atoms with Crippen molar-refractivity contribution in [1.29, 1.82) is 0 Å². The third-order valence-corrected chi connectivity index (χ3v) is 6.14. The highest BCUT2D eigenvalue weighted by Crippen LogP contribution is 2.27. The van der Waals surface area contributed by atoms with Crippen molar-refractivity contribution >= 4 is 17.2 Å². The van der Waals surface area contributed by atoms with E-state index in [2.05, 4.69) is 0 Å². The van der Waals surface area contributed by atoms with Gasteiger partial charge in [0.1, 0.15) is 17.4 Å². The quantitative estimate of drug-likeness (QED) is 0.601. The van der Waals surface area contributed by atoms with Crippen LogP contribution in [0.1, 0.15) is 44.3 Å². The number of fused-ring (bicyclic) bond motifs is 1. The molecule has 5 heteroatoms. The number of ether oxygens (including phenoxy) is 1. The van der Waals surface area contributed by atoms with Crippen molar-refractivity contribution < 1.29 is 9.53 Å². The first-order valence-corrected chi connectivity index (χ1v) is 10.5. The zero-order valence-corrected chi connectivity index (χ0v) is 16.9. The van der Waals surface area contributed by atoms with Crippen LogP contribution in [-0.4, -0.2) is 22.8 Å². The molecule has 0 aliphatic heterocycles. The molecule has 1 heterocycles. The molecule has 0 fully saturated rings. The van der Waals surface area contributed by atoms with E-state index in [1.54, 1.807) is 16.2 Å². The molecule has 4 nitrogen and oxygen atoms in total. The van der Waals surface area contributed by atoms with Crippen LogP contribution in [0.4, 0.5) is 0 Å². The molecule has 144 valence electrons. The molecule has 3 aromatic rings. The molecule has 0 radical (unpaired) electrons. The third-order valence-electron chi connectivity index (χ3n) is 4.99. The number of aromatic nitrogens is 1. The monoisotopic (exact) mass is 392 g/mol. The largest absolute Gasteiger partial charge is 0.489 e. The van der Waals surface area contributed by atoms with Crippen LogP contribution in [0.25, 0.3) is 0 Å². The van der Waals surface area contributed by atoms with Gasteiger partial charge in [-0.15, -0.1) is 11.3 Å². The Morgan fingerprint density at radius 2 is 1.82 bits per heavy atom. The van der Waals surface area contributed by atoms with Gasteiger partial charge in [0.15, 0.2) is 0 Å². The van der Waals surface area contributed by atoms with E-state index in [4.69, 9.17) is 9.72 Å². The molecule has 0 saturated carbocycles. The first-order valence-electron chi connectivity index (χ1n) is 9.69. The van der Waals surface area contributed by atoms with Crippen LogP contribution >= 0.6 is 11.3 Å². The number of para-hydroxylation sites is 1.